The Morgan fingerprint density at radius 1 is 1.16 bits per heavy atom. The molecule has 1 saturated carbocycles. The van der Waals surface area contributed by atoms with Crippen molar-refractivity contribution in [3.63, 3.8) is 0 Å². The number of benzene rings is 1. The Morgan fingerprint density at radius 3 is 2.42 bits per heavy atom. The van der Waals surface area contributed by atoms with E-state index in [4.69, 9.17) is 4.74 Å². The van der Waals surface area contributed by atoms with Crippen LogP contribution in [0, 0.1) is 0 Å². The largest absolute Gasteiger partial charge is 0.497 e. The summed E-state index contributed by atoms with van der Waals surface area (Å²) in [4.78, 5) is 27.5. The molecule has 3 amide bonds. The summed E-state index contributed by atoms with van der Waals surface area (Å²) in [6.45, 7) is 0.551. The van der Waals surface area contributed by atoms with E-state index in [9.17, 15) is 9.59 Å². The predicted molar refractivity (Wildman–Crippen MR) is 70.2 cm³/mol. The van der Waals surface area contributed by atoms with Crippen LogP contribution in [0.15, 0.2) is 24.3 Å². The lowest BCUT2D eigenvalue weighted by molar-refractivity contribution is -0.119. The molecule has 1 heterocycles. The average molecular weight is 260 g/mol. The molecule has 0 atom stereocenters. The van der Waals surface area contributed by atoms with Crippen LogP contribution in [0.1, 0.15) is 19.3 Å². The molecule has 1 aliphatic heterocycles. The number of urea groups is 1. The number of hydrogen-bond donors (Lipinski definition) is 0. The quantitative estimate of drug-likeness (QED) is 0.835. The fourth-order valence-electron chi connectivity index (χ4n) is 2.37. The van der Waals surface area contributed by atoms with Crippen molar-refractivity contribution in [2.75, 3.05) is 18.6 Å². The van der Waals surface area contributed by atoms with Crippen LogP contribution in [0.25, 0.3) is 0 Å². The van der Waals surface area contributed by atoms with Crippen LogP contribution in [0.3, 0.4) is 0 Å². The lowest BCUT2D eigenvalue weighted by Crippen LogP contribution is -2.53. The molecule has 1 saturated heterocycles. The van der Waals surface area contributed by atoms with Crippen LogP contribution in [0.5, 0.6) is 5.75 Å². The maximum Gasteiger partial charge on any atom is 0.331 e. The third-order valence-electron chi connectivity index (χ3n) is 3.57. The number of anilines is 1. The first kappa shape index (κ1) is 12.0. The highest BCUT2D eigenvalue weighted by Gasteiger charge is 2.40. The first-order chi connectivity index (χ1) is 9.20. The van der Waals surface area contributed by atoms with Crippen LogP contribution >= 0.6 is 0 Å². The minimum atomic E-state index is -0.191. The van der Waals surface area contributed by atoms with Crippen molar-refractivity contribution in [1.82, 2.24) is 4.90 Å². The topological polar surface area (TPSA) is 49.9 Å². The predicted octanol–water partition coefficient (Wildman–Crippen LogP) is 2.02. The maximum atomic E-state index is 12.4. The number of carbonyl (C=O) groups excluding carboxylic acids is 2. The van der Waals surface area contributed by atoms with Gasteiger partial charge in [0.1, 0.15) is 5.75 Å². The van der Waals surface area contributed by atoms with Gasteiger partial charge in [0.15, 0.2) is 0 Å². The average Bonchev–Trinajstić information content (AvgIpc) is 3.24. The Labute approximate surface area is 111 Å². The minimum Gasteiger partial charge on any atom is -0.497 e. The highest BCUT2D eigenvalue weighted by Crippen LogP contribution is 2.32. The summed E-state index contributed by atoms with van der Waals surface area (Å²) < 4.78 is 5.08. The second-order valence-corrected chi connectivity index (χ2v) is 4.88. The molecule has 2 aliphatic rings. The molecule has 19 heavy (non-hydrogen) atoms. The monoisotopic (exact) mass is 260 g/mol. The number of hydrogen-bond acceptors (Lipinski definition) is 3. The third-order valence-corrected chi connectivity index (χ3v) is 3.57. The van der Waals surface area contributed by atoms with Gasteiger partial charge in [0.25, 0.3) is 0 Å². The highest BCUT2D eigenvalue weighted by atomic mass is 16.5. The summed E-state index contributed by atoms with van der Waals surface area (Å²) in [6, 6.07) is 7.14. The fourth-order valence-corrected chi connectivity index (χ4v) is 2.37. The van der Waals surface area contributed by atoms with E-state index in [2.05, 4.69) is 0 Å². The molecule has 3 rings (SSSR count). The van der Waals surface area contributed by atoms with Crippen molar-refractivity contribution in [2.24, 2.45) is 0 Å². The summed E-state index contributed by atoms with van der Waals surface area (Å²) in [5, 5.41) is 0. The molecular weight excluding hydrogens is 244 g/mol. The van der Waals surface area contributed by atoms with E-state index in [1.54, 1.807) is 31.4 Å². The van der Waals surface area contributed by atoms with Crippen LogP contribution in [0.4, 0.5) is 10.5 Å². The number of carbonyl (C=O) groups is 2. The molecule has 100 valence electrons. The van der Waals surface area contributed by atoms with E-state index in [1.165, 1.54) is 4.90 Å². The summed E-state index contributed by atoms with van der Waals surface area (Å²) in [6.07, 6.45) is 2.50. The van der Waals surface area contributed by atoms with Crippen LogP contribution < -0.4 is 9.64 Å². The van der Waals surface area contributed by atoms with Crippen molar-refractivity contribution in [2.45, 2.75) is 25.3 Å². The van der Waals surface area contributed by atoms with Gasteiger partial charge in [-0.3, -0.25) is 4.79 Å². The van der Waals surface area contributed by atoms with Crippen molar-refractivity contribution >= 4 is 17.6 Å². The van der Waals surface area contributed by atoms with Crippen molar-refractivity contribution in [1.29, 1.82) is 0 Å². The van der Waals surface area contributed by atoms with Crippen molar-refractivity contribution < 1.29 is 14.3 Å². The number of ether oxygens (including phenoxy) is 1. The molecule has 1 aromatic rings. The zero-order valence-corrected chi connectivity index (χ0v) is 10.8. The third kappa shape index (κ3) is 2.16. The normalized spacial score (nSPS) is 19.8. The molecule has 5 heteroatoms. The molecule has 1 aromatic carbocycles. The maximum absolute atomic E-state index is 12.4. The van der Waals surface area contributed by atoms with E-state index in [-0.39, 0.29) is 11.9 Å². The molecule has 0 spiro atoms. The van der Waals surface area contributed by atoms with E-state index in [0.717, 1.165) is 12.8 Å². The van der Waals surface area contributed by atoms with Crippen molar-refractivity contribution in [3.05, 3.63) is 24.3 Å². The molecule has 0 bridgehead atoms. The first-order valence-electron chi connectivity index (χ1n) is 6.48. The standard InChI is InChI=1S/C14H16N2O3/c1-19-12-6-4-11(5-7-12)16-13(17)8-9-15(14(16)18)10-2-3-10/h4-7,10H,2-3,8-9H2,1H3. The van der Waals surface area contributed by atoms with Gasteiger partial charge in [-0.05, 0) is 37.1 Å². The smallest absolute Gasteiger partial charge is 0.331 e. The Balaban J connectivity index is 1.86. The molecule has 5 nitrogen and oxygen atoms in total. The van der Waals surface area contributed by atoms with Crippen LogP contribution in [-0.4, -0.2) is 36.5 Å². The molecule has 1 aliphatic carbocycles. The second-order valence-electron chi connectivity index (χ2n) is 4.88. The molecule has 0 unspecified atom stereocenters. The first-order valence-corrected chi connectivity index (χ1v) is 6.48. The van der Waals surface area contributed by atoms with Crippen LogP contribution in [0.2, 0.25) is 0 Å². The summed E-state index contributed by atoms with van der Waals surface area (Å²) >= 11 is 0. The summed E-state index contributed by atoms with van der Waals surface area (Å²) in [5.74, 6) is 0.576. The minimum absolute atomic E-state index is 0.132. The highest BCUT2D eigenvalue weighted by molar-refractivity contribution is 6.15. The number of rotatable bonds is 3. The SMILES string of the molecule is COc1ccc(N2C(=O)CCN(C3CC3)C2=O)cc1. The molecule has 0 radical (unpaired) electrons. The van der Waals surface area contributed by atoms with Gasteiger partial charge in [-0.15, -0.1) is 0 Å². The zero-order chi connectivity index (χ0) is 13.4. The number of amides is 3. The van der Waals surface area contributed by atoms with Gasteiger partial charge < -0.3 is 9.64 Å². The fraction of sp³-hybridized carbons (Fsp3) is 0.429. The Bertz CT molecular complexity index is 508. The number of methoxy groups -OCH3 is 1. The number of imide groups is 1. The second kappa shape index (κ2) is 4.57. The van der Waals surface area contributed by atoms with Gasteiger partial charge >= 0.3 is 6.03 Å². The summed E-state index contributed by atoms with van der Waals surface area (Å²) in [5.41, 5.74) is 0.612. The van der Waals surface area contributed by atoms with Gasteiger partial charge in [0.05, 0.1) is 12.8 Å². The molecular formula is C14H16N2O3. The van der Waals surface area contributed by atoms with Crippen LogP contribution in [-0.2, 0) is 4.79 Å². The zero-order valence-electron chi connectivity index (χ0n) is 10.8. The molecule has 2 fully saturated rings. The van der Waals surface area contributed by atoms with Gasteiger partial charge in [-0.25, -0.2) is 9.69 Å². The lowest BCUT2D eigenvalue weighted by Gasteiger charge is -2.34. The van der Waals surface area contributed by atoms with Gasteiger partial charge in [0, 0.05) is 19.0 Å². The van der Waals surface area contributed by atoms with Crippen molar-refractivity contribution in [3.8, 4) is 5.75 Å². The van der Waals surface area contributed by atoms with Gasteiger partial charge in [-0.2, -0.15) is 0 Å². The van der Waals surface area contributed by atoms with E-state index < -0.39 is 0 Å². The molecule has 0 aromatic heterocycles. The Hall–Kier alpha value is -2.04. The van der Waals surface area contributed by atoms with E-state index in [0.29, 0.717) is 30.4 Å². The summed E-state index contributed by atoms with van der Waals surface area (Å²) in [7, 11) is 1.58. The van der Waals surface area contributed by atoms with Gasteiger partial charge in [-0.1, -0.05) is 0 Å². The number of nitrogens with zero attached hydrogens (tertiary/aromatic N) is 2. The lowest BCUT2D eigenvalue weighted by atomic mass is 10.2. The Morgan fingerprint density at radius 2 is 1.84 bits per heavy atom. The van der Waals surface area contributed by atoms with Gasteiger partial charge in [0.2, 0.25) is 5.91 Å². The molecule has 0 N–H and O–H groups in total. The Kier molecular flexibility index (Phi) is 2.89. The van der Waals surface area contributed by atoms with E-state index >= 15 is 0 Å². The van der Waals surface area contributed by atoms with E-state index in [1.807, 2.05) is 4.90 Å².